The van der Waals surface area contributed by atoms with Gasteiger partial charge in [0.05, 0.1) is 6.61 Å². The van der Waals surface area contributed by atoms with Gasteiger partial charge in [-0.1, -0.05) is 12.1 Å². The topological polar surface area (TPSA) is 36.4 Å². The van der Waals surface area contributed by atoms with Crippen LogP contribution < -0.4 is 4.90 Å². The summed E-state index contributed by atoms with van der Waals surface area (Å²) in [6.45, 7) is 4.20. The standard InChI is InChI=1S/C15H17FN2O/c1-3-18(13-6-4-5-11(2)9-13)15-14(16)12(10-19)7-8-17-15/h4-9,19H,3,10H2,1-2H3. The van der Waals surface area contributed by atoms with E-state index >= 15 is 0 Å². The van der Waals surface area contributed by atoms with E-state index in [0.29, 0.717) is 6.54 Å². The lowest BCUT2D eigenvalue weighted by molar-refractivity contribution is 0.275. The number of pyridine rings is 1. The maximum Gasteiger partial charge on any atom is 0.171 e. The van der Waals surface area contributed by atoms with E-state index in [1.807, 2.05) is 38.1 Å². The minimum absolute atomic E-state index is 0.250. The number of hydrogen-bond acceptors (Lipinski definition) is 3. The van der Waals surface area contributed by atoms with Gasteiger partial charge in [0, 0.05) is 24.0 Å². The fourth-order valence-corrected chi connectivity index (χ4v) is 2.03. The van der Waals surface area contributed by atoms with Crippen molar-refractivity contribution in [3.8, 4) is 0 Å². The van der Waals surface area contributed by atoms with Crippen LogP contribution >= 0.6 is 0 Å². The molecule has 1 aromatic carbocycles. The lowest BCUT2D eigenvalue weighted by atomic mass is 10.2. The van der Waals surface area contributed by atoms with E-state index in [2.05, 4.69) is 4.98 Å². The highest BCUT2D eigenvalue weighted by Gasteiger charge is 2.16. The van der Waals surface area contributed by atoms with E-state index in [1.54, 1.807) is 4.90 Å². The molecule has 1 aromatic heterocycles. The van der Waals surface area contributed by atoms with Gasteiger partial charge in [0.2, 0.25) is 0 Å². The first-order chi connectivity index (χ1) is 9.17. The number of nitrogens with zero attached hydrogens (tertiary/aromatic N) is 2. The molecule has 19 heavy (non-hydrogen) atoms. The Morgan fingerprint density at radius 3 is 2.74 bits per heavy atom. The van der Waals surface area contributed by atoms with Gasteiger partial charge in [-0.15, -0.1) is 0 Å². The van der Waals surface area contributed by atoms with Gasteiger partial charge in [0.1, 0.15) is 0 Å². The minimum Gasteiger partial charge on any atom is -0.392 e. The summed E-state index contributed by atoms with van der Waals surface area (Å²) >= 11 is 0. The van der Waals surface area contributed by atoms with Crippen molar-refractivity contribution >= 4 is 11.5 Å². The molecule has 0 atom stereocenters. The summed E-state index contributed by atoms with van der Waals surface area (Å²) in [7, 11) is 0. The van der Waals surface area contributed by atoms with E-state index in [9.17, 15) is 4.39 Å². The molecule has 3 nitrogen and oxygen atoms in total. The Balaban J connectivity index is 2.48. The molecule has 0 spiro atoms. The number of aryl methyl sites for hydroxylation is 1. The van der Waals surface area contributed by atoms with Crippen molar-refractivity contribution in [2.75, 3.05) is 11.4 Å². The number of rotatable bonds is 4. The zero-order chi connectivity index (χ0) is 13.8. The van der Waals surface area contributed by atoms with E-state index in [-0.39, 0.29) is 18.0 Å². The average molecular weight is 260 g/mol. The number of benzene rings is 1. The normalized spacial score (nSPS) is 10.5. The van der Waals surface area contributed by atoms with Crippen LogP contribution in [0.25, 0.3) is 0 Å². The molecule has 0 unspecified atom stereocenters. The Kier molecular flexibility index (Phi) is 4.12. The number of aromatic nitrogens is 1. The van der Waals surface area contributed by atoms with Crippen LogP contribution in [0.4, 0.5) is 15.9 Å². The van der Waals surface area contributed by atoms with Gasteiger partial charge >= 0.3 is 0 Å². The van der Waals surface area contributed by atoms with Crippen LogP contribution in [0.2, 0.25) is 0 Å². The molecule has 2 aromatic rings. The molecule has 0 bridgehead atoms. The summed E-state index contributed by atoms with van der Waals surface area (Å²) in [6.07, 6.45) is 1.52. The van der Waals surface area contributed by atoms with Crippen LogP contribution in [0.3, 0.4) is 0 Å². The van der Waals surface area contributed by atoms with Crippen LogP contribution in [0.5, 0.6) is 0 Å². The molecular weight excluding hydrogens is 243 g/mol. The molecule has 0 fully saturated rings. The molecule has 0 amide bonds. The molecule has 1 heterocycles. The van der Waals surface area contributed by atoms with Crippen molar-refractivity contribution in [3.05, 3.63) is 53.5 Å². The Morgan fingerprint density at radius 2 is 2.11 bits per heavy atom. The molecule has 100 valence electrons. The summed E-state index contributed by atoms with van der Waals surface area (Å²) in [4.78, 5) is 5.90. The fourth-order valence-electron chi connectivity index (χ4n) is 2.03. The summed E-state index contributed by atoms with van der Waals surface area (Å²) in [5.74, 6) is -0.215. The second-order valence-electron chi connectivity index (χ2n) is 4.35. The molecule has 0 aliphatic carbocycles. The Hall–Kier alpha value is -1.94. The van der Waals surface area contributed by atoms with Crippen molar-refractivity contribution in [2.45, 2.75) is 20.5 Å². The maximum atomic E-state index is 14.2. The highest BCUT2D eigenvalue weighted by Crippen LogP contribution is 2.27. The van der Waals surface area contributed by atoms with Gasteiger partial charge in [0.15, 0.2) is 11.6 Å². The molecule has 0 radical (unpaired) electrons. The third-order valence-electron chi connectivity index (χ3n) is 3.01. The molecule has 4 heteroatoms. The first-order valence-electron chi connectivity index (χ1n) is 6.25. The van der Waals surface area contributed by atoms with E-state index in [1.165, 1.54) is 12.3 Å². The second-order valence-corrected chi connectivity index (χ2v) is 4.35. The number of hydrogen-bond donors (Lipinski definition) is 1. The number of anilines is 2. The molecule has 0 aliphatic heterocycles. The molecule has 1 N–H and O–H groups in total. The smallest absolute Gasteiger partial charge is 0.171 e. The van der Waals surface area contributed by atoms with Crippen LogP contribution in [0, 0.1) is 12.7 Å². The van der Waals surface area contributed by atoms with Crippen molar-refractivity contribution in [1.82, 2.24) is 4.98 Å². The molecule has 2 rings (SSSR count). The number of aliphatic hydroxyl groups excluding tert-OH is 1. The van der Waals surface area contributed by atoms with Crippen molar-refractivity contribution in [3.63, 3.8) is 0 Å². The second kappa shape index (κ2) is 5.80. The summed E-state index contributed by atoms with van der Waals surface area (Å²) in [6, 6.07) is 9.31. The number of halogens is 1. The van der Waals surface area contributed by atoms with Gasteiger partial charge in [-0.25, -0.2) is 9.37 Å². The van der Waals surface area contributed by atoms with Crippen molar-refractivity contribution in [2.24, 2.45) is 0 Å². The SMILES string of the molecule is CCN(c1cccc(C)c1)c1nccc(CO)c1F. The zero-order valence-corrected chi connectivity index (χ0v) is 11.1. The van der Waals surface area contributed by atoms with Gasteiger partial charge < -0.3 is 10.0 Å². The Morgan fingerprint density at radius 1 is 1.32 bits per heavy atom. The molecule has 0 aliphatic rings. The van der Waals surface area contributed by atoms with Gasteiger partial charge in [-0.3, -0.25) is 0 Å². The summed E-state index contributed by atoms with van der Waals surface area (Å²) in [5, 5.41) is 9.13. The zero-order valence-electron chi connectivity index (χ0n) is 11.1. The third-order valence-corrected chi connectivity index (χ3v) is 3.01. The molecule has 0 saturated carbocycles. The maximum absolute atomic E-state index is 14.2. The van der Waals surface area contributed by atoms with Crippen LogP contribution in [-0.2, 0) is 6.61 Å². The summed E-state index contributed by atoms with van der Waals surface area (Å²) < 4.78 is 14.2. The highest BCUT2D eigenvalue weighted by atomic mass is 19.1. The Labute approximate surface area is 112 Å². The van der Waals surface area contributed by atoms with Crippen LogP contribution in [-0.4, -0.2) is 16.6 Å². The third kappa shape index (κ3) is 2.74. The summed E-state index contributed by atoms with van der Waals surface area (Å²) in [5.41, 5.74) is 2.26. The number of aliphatic hydroxyl groups is 1. The average Bonchev–Trinajstić information content (AvgIpc) is 2.41. The van der Waals surface area contributed by atoms with Crippen LogP contribution in [0.15, 0.2) is 36.5 Å². The van der Waals surface area contributed by atoms with E-state index < -0.39 is 5.82 Å². The predicted molar refractivity (Wildman–Crippen MR) is 74.0 cm³/mol. The van der Waals surface area contributed by atoms with Crippen molar-refractivity contribution < 1.29 is 9.50 Å². The fraction of sp³-hybridized carbons (Fsp3) is 0.267. The van der Waals surface area contributed by atoms with Gasteiger partial charge in [0.25, 0.3) is 0 Å². The minimum atomic E-state index is -0.464. The quantitative estimate of drug-likeness (QED) is 0.917. The first kappa shape index (κ1) is 13.5. The highest BCUT2D eigenvalue weighted by molar-refractivity contribution is 5.61. The van der Waals surface area contributed by atoms with Crippen molar-refractivity contribution in [1.29, 1.82) is 0 Å². The largest absolute Gasteiger partial charge is 0.392 e. The lowest BCUT2D eigenvalue weighted by Gasteiger charge is -2.23. The molecule has 0 saturated heterocycles. The Bertz CT molecular complexity index is 572. The van der Waals surface area contributed by atoms with E-state index in [4.69, 9.17) is 5.11 Å². The monoisotopic (exact) mass is 260 g/mol. The van der Waals surface area contributed by atoms with Gasteiger partial charge in [-0.2, -0.15) is 0 Å². The predicted octanol–water partition coefficient (Wildman–Crippen LogP) is 3.18. The first-order valence-corrected chi connectivity index (χ1v) is 6.25. The van der Waals surface area contributed by atoms with Crippen LogP contribution in [0.1, 0.15) is 18.1 Å². The van der Waals surface area contributed by atoms with E-state index in [0.717, 1.165) is 11.3 Å². The van der Waals surface area contributed by atoms with Gasteiger partial charge in [-0.05, 0) is 37.6 Å². The molecular formula is C15H17FN2O. The lowest BCUT2D eigenvalue weighted by Crippen LogP contribution is -2.19.